The third kappa shape index (κ3) is 4.44. The number of rotatable bonds is 7. The Balaban J connectivity index is 1.70. The van der Waals surface area contributed by atoms with E-state index in [4.69, 9.17) is 10.3 Å². The van der Waals surface area contributed by atoms with Crippen LogP contribution in [0, 0.1) is 6.92 Å². The Kier molecular flexibility index (Phi) is 6.90. The van der Waals surface area contributed by atoms with Crippen molar-refractivity contribution in [2.45, 2.75) is 19.4 Å². The second-order valence-electron chi connectivity index (χ2n) is 9.95. The number of hydrogen-bond donors (Lipinski definition) is 0. The molecule has 0 unspecified atom stereocenters. The average molecular weight is 519 g/mol. The van der Waals surface area contributed by atoms with Crippen molar-refractivity contribution in [3.05, 3.63) is 185 Å². The van der Waals surface area contributed by atoms with E-state index in [1.807, 2.05) is 28.9 Å². The number of tetrazole rings is 1. The van der Waals surface area contributed by atoms with Gasteiger partial charge in [0.15, 0.2) is 5.82 Å². The molecule has 0 N–H and O–H groups in total. The van der Waals surface area contributed by atoms with E-state index in [1.165, 1.54) is 5.56 Å². The van der Waals surface area contributed by atoms with Crippen LogP contribution in [-0.4, -0.2) is 20.2 Å². The number of aromatic nitrogens is 4. The lowest BCUT2D eigenvalue weighted by Crippen LogP contribution is -2.39. The summed E-state index contributed by atoms with van der Waals surface area (Å²) in [5.41, 5.74) is 7.96. The predicted octanol–water partition coefficient (Wildman–Crippen LogP) is 7.80. The first-order valence-corrected chi connectivity index (χ1v) is 13.5. The standard InChI is InChI=1S/C36H30N4/c1-27-23-25-30(26-24-27)34(29-15-7-3-8-16-29)28(2)35-37-38-39-40(35)36(31-17-9-4-10-18-31,32-19-11-5-12-20-32)33-21-13-6-14-22-33/h3-26H,1-2H3/b34-28+. The quantitative estimate of drug-likeness (QED) is 0.203. The van der Waals surface area contributed by atoms with E-state index in [9.17, 15) is 0 Å². The minimum absolute atomic E-state index is 0.705. The Morgan fingerprint density at radius 3 is 1.45 bits per heavy atom. The van der Waals surface area contributed by atoms with Crippen molar-refractivity contribution in [3.63, 3.8) is 0 Å². The number of benzene rings is 5. The lowest BCUT2D eigenvalue weighted by molar-refractivity contribution is 0.442. The zero-order chi connectivity index (χ0) is 27.4. The highest BCUT2D eigenvalue weighted by atomic mass is 15.6. The van der Waals surface area contributed by atoms with Crippen molar-refractivity contribution in [1.82, 2.24) is 20.2 Å². The summed E-state index contributed by atoms with van der Waals surface area (Å²) < 4.78 is 2.00. The van der Waals surface area contributed by atoms with Gasteiger partial charge >= 0.3 is 0 Å². The zero-order valence-electron chi connectivity index (χ0n) is 22.6. The molecular weight excluding hydrogens is 488 g/mol. The third-order valence-corrected chi connectivity index (χ3v) is 7.48. The molecule has 0 bridgehead atoms. The van der Waals surface area contributed by atoms with Gasteiger partial charge < -0.3 is 0 Å². The van der Waals surface area contributed by atoms with Crippen molar-refractivity contribution in [3.8, 4) is 0 Å². The summed E-state index contributed by atoms with van der Waals surface area (Å²) in [7, 11) is 0. The first-order chi connectivity index (χ1) is 19.7. The molecule has 194 valence electrons. The van der Waals surface area contributed by atoms with Gasteiger partial charge in [0.1, 0.15) is 5.54 Å². The van der Waals surface area contributed by atoms with Crippen molar-refractivity contribution in [1.29, 1.82) is 0 Å². The van der Waals surface area contributed by atoms with E-state index < -0.39 is 5.54 Å². The Morgan fingerprint density at radius 2 is 0.975 bits per heavy atom. The number of nitrogens with zero attached hydrogens (tertiary/aromatic N) is 4. The van der Waals surface area contributed by atoms with Crippen LogP contribution in [-0.2, 0) is 5.54 Å². The molecule has 6 aromatic rings. The Hall–Kier alpha value is -5.09. The van der Waals surface area contributed by atoms with Crippen molar-refractivity contribution < 1.29 is 0 Å². The molecular formula is C36H30N4. The molecule has 6 rings (SSSR count). The van der Waals surface area contributed by atoms with Gasteiger partial charge in [0.25, 0.3) is 0 Å². The van der Waals surface area contributed by atoms with Gasteiger partial charge in [-0.2, -0.15) is 0 Å². The van der Waals surface area contributed by atoms with Gasteiger partial charge in [0, 0.05) is 5.57 Å². The summed E-state index contributed by atoms with van der Waals surface area (Å²) in [6.07, 6.45) is 0. The van der Waals surface area contributed by atoms with Gasteiger partial charge in [-0.3, -0.25) is 0 Å². The highest BCUT2D eigenvalue weighted by molar-refractivity contribution is 5.96. The predicted molar refractivity (Wildman–Crippen MR) is 162 cm³/mol. The van der Waals surface area contributed by atoms with Crippen LogP contribution in [0.4, 0.5) is 0 Å². The molecule has 0 spiro atoms. The van der Waals surface area contributed by atoms with Crippen molar-refractivity contribution in [2.75, 3.05) is 0 Å². The summed E-state index contributed by atoms with van der Waals surface area (Å²) in [4.78, 5) is 0. The normalized spacial score (nSPS) is 12.2. The maximum atomic E-state index is 4.74. The van der Waals surface area contributed by atoms with Crippen LogP contribution >= 0.6 is 0 Å². The molecule has 0 radical (unpaired) electrons. The Labute approximate surface area is 235 Å². The largest absolute Gasteiger partial charge is 0.206 e. The van der Waals surface area contributed by atoms with Gasteiger partial charge in [0.2, 0.25) is 0 Å². The molecule has 5 aromatic carbocycles. The highest BCUT2D eigenvalue weighted by Crippen LogP contribution is 2.42. The third-order valence-electron chi connectivity index (χ3n) is 7.48. The zero-order valence-corrected chi connectivity index (χ0v) is 22.6. The second kappa shape index (κ2) is 11.0. The van der Waals surface area contributed by atoms with Crippen LogP contribution in [0.3, 0.4) is 0 Å². The van der Waals surface area contributed by atoms with Crippen LogP contribution in [0.5, 0.6) is 0 Å². The van der Waals surface area contributed by atoms with Gasteiger partial charge in [-0.05, 0) is 57.7 Å². The molecule has 0 aliphatic carbocycles. The molecule has 0 aliphatic rings. The minimum atomic E-state index is -0.807. The molecule has 4 nitrogen and oxygen atoms in total. The molecule has 0 aliphatic heterocycles. The lowest BCUT2D eigenvalue weighted by atomic mass is 9.76. The molecule has 4 heteroatoms. The minimum Gasteiger partial charge on any atom is -0.206 e. The monoisotopic (exact) mass is 518 g/mol. The van der Waals surface area contributed by atoms with E-state index in [2.05, 4.69) is 140 Å². The Bertz CT molecular complexity index is 1620. The first kappa shape index (κ1) is 25.2. The fraction of sp³-hybridized carbons (Fsp3) is 0.0833. The molecule has 0 amide bonds. The van der Waals surface area contributed by atoms with Crippen molar-refractivity contribution >= 4 is 11.1 Å². The Morgan fingerprint density at radius 1 is 0.550 bits per heavy atom. The lowest BCUT2D eigenvalue weighted by Gasteiger charge is -2.36. The van der Waals surface area contributed by atoms with Gasteiger partial charge in [-0.1, -0.05) is 151 Å². The molecule has 0 atom stereocenters. The molecule has 40 heavy (non-hydrogen) atoms. The summed E-state index contributed by atoms with van der Waals surface area (Å²) in [5.74, 6) is 0.705. The van der Waals surface area contributed by atoms with E-state index >= 15 is 0 Å². The first-order valence-electron chi connectivity index (χ1n) is 13.5. The summed E-state index contributed by atoms with van der Waals surface area (Å²) in [6, 6.07) is 50.6. The maximum Gasteiger partial charge on any atom is 0.179 e. The van der Waals surface area contributed by atoms with Crippen LogP contribution in [0.15, 0.2) is 146 Å². The number of hydrogen-bond acceptors (Lipinski definition) is 3. The van der Waals surface area contributed by atoms with Crippen LogP contribution in [0.1, 0.15) is 46.1 Å². The smallest absolute Gasteiger partial charge is 0.179 e. The van der Waals surface area contributed by atoms with E-state index in [1.54, 1.807) is 0 Å². The van der Waals surface area contributed by atoms with Crippen LogP contribution in [0.25, 0.3) is 11.1 Å². The van der Waals surface area contributed by atoms with Crippen molar-refractivity contribution in [2.24, 2.45) is 0 Å². The van der Waals surface area contributed by atoms with Gasteiger partial charge in [-0.15, -0.1) is 5.10 Å². The number of allylic oxidation sites excluding steroid dienone is 1. The number of aryl methyl sites for hydroxylation is 1. The SMILES string of the molecule is C/C(=C(/c1ccccc1)c1ccc(C)cc1)c1nnnn1C(c1ccccc1)(c1ccccc1)c1ccccc1. The van der Waals surface area contributed by atoms with Gasteiger partial charge in [-0.25, -0.2) is 4.68 Å². The van der Waals surface area contributed by atoms with Gasteiger partial charge in [0.05, 0.1) is 0 Å². The van der Waals surface area contributed by atoms with Crippen LogP contribution in [0.2, 0.25) is 0 Å². The maximum absolute atomic E-state index is 4.74. The molecule has 1 heterocycles. The summed E-state index contributed by atoms with van der Waals surface area (Å²) in [6.45, 7) is 4.23. The second-order valence-corrected chi connectivity index (χ2v) is 9.95. The van der Waals surface area contributed by atoms with E-state index in [0.29, 0.717) is 5.82 Å². The fourth-order valence-electron chi connectivity index (χ4n) is 5.59. The highest BCUT2D eigenvalue weighted by Gasteiger charge is 2.42. The fourth-order valence-corrected chi connectivity index (χ4v) is 5.59. The average Bonchev–Trinajstić information content (AvgIpc) is 3.51. The topological polar surface area (TPSA) is 43.6 Å². The van der Waals surface area contributed by atoms with Crippen LogP contribution < -0.4 is 0 Å². The molecule has 0 saturated heterocycles. The van der Waals surface area contributed by atoms with E-state index in [0.717, 1.165) is 39.0 Å². The van der Waals surface area contributed by atoms with E-state index in [-0.39, 0.29) is 0 Å². The summed E-state index contributed by atoms with van der Waals surface area (Å²) in [5, 5.41) is 13.7. The molecule has 1 aromatic heterocycles. The molecule has 0 saturated carbocycles. The molecule has 0 fully saturated rings. The summed E-state index contributed by atoms with van der Waals surface area (Å²) >= 11 is 0.